The first-order valence-electron chi connectivity index (χ1n) is 11.2. The van der Waals surface area contributed by atoms with Crippen LogP contribution in [0.5, 0.6) is 0 Å². The van der Waals surface area contributed by atoms with Gasteiger partial charge in [0.05, 0.1) is 6.10 Å². The number of hydrogen-bond donors (Lipinski definition) is 0. The topological polar surface area (TPSA) is 27.7 Å². The number of unbranched alkanes of at least 4 members (excludes halogenated alkanes) is 4. The first-order valence-corrected chi connectivity index (χ1v) is 11.2. The van der Waals surface area contributed by atoms with E-state index in [1.165, 1.54) is 69.8 Å². The minimum atomic E-state index is -0.181. The Morgan fingerprint density at radius 2 is 1.59 bits per heavy atom. The molecule has 0 radical (unpaired) electrons. The van der Waals surface area contributed by atoms with E-state index in [1.807, 2.05) is 7.11 Å². The van der Waals surface area contributed by atoms with Crippen LogP contribution in [0, 0.1) is 5.92 Å². The third-order valence-electron chi connectivity index (χ3n) is 6.37. The van der Waals surface area contributed by atoms with Crippen LogP contribution < -0.4 is 5.46 Å². The molecule has 0 atom stereocenters. The summed E-state index contributed by atoms with van der Waals surface area (Å²) in [6, 6.07) is 8.96. The monoisotopic (exact) mass is 372 g/mol. The SMILES string of the molecule is CCCCCCCC1COB(c2ccc(C3CCC(OC)CC3)cc2)OC1. The van der Waals surface area contributed by atoms with Crippen molar-refractivity contribution < 1.29 is 14.0 Å². The van der Waals surface area contributed by atoms with Crippen LogP contribution in [0.4, 0.5) is 0 Å². The van der Waals surface area contributed by atoms with Gasteiger partial charge in [0.1, 0.15) is 0 Å². The predicted molar refractivity (Wildman–Crippen MR) is 113 cm³/mol. The number of methoxy groups -OCH3 is 1. The summed E-state index contributed by atoms with van der Waals surface area (Å²) >= 11 is 0. The number of rotatable bonds is 9. The quantitative estimate of drug-likeness (QED) is 0.447. The number of benzene rings is 1. The van der Waals surface area contributed by atoms with Crippen molar-refractivity contribution in [2.45, 2.75) is 83.2 Å². The Morgan fingerprint density at radius 1 is 0.926 bits per heavy atom. The molecule has 0 N–H and O–H groups in total. The summed E-state index contributed by atoms with van der Waals surface area (Å²) in [6.07, 6.45) is 13.2. The number of ether oxygens (including phenoxy) is 1. The van der Waals surface area contributed by atoms with E-state index in [4.69, 9.17) is 14.0 Å². The second-order valence-electron chi connectivity index (χ2n) is 8.44. The maximum absolute atomic E-state index is 6.03. The third kappa shape index (κ3) is 6.34. The van der Waals surface area contributed by atoms with Crippen molar-refractivity contribution in [2.75, 3.05) is 20.3 Å². The molecule has 0 spiro atoms. The molecule has 27 heavy (non-hydrogen) atoms. The molecule has 2 fully saturated rings. The molecule has 1 saturated carbocycles. The Hall–Kier alpha value is -0.835. The minimum absolute atomic E-state index is 0.181. The van der Waals surface area contributed by atoms with Crippen molar-refractivity contribution >= 4 is 12.6 Å². The standard InChI is InChI=1S/C23H37BO3/c1-3-4-5-6-7-8-19-17-26-24(27-18-19)22-13-9-20(10-14-22)21-11-15-23(25-2)16-12-21/h9-10,13-14,19,21,23H,3-8,11-12,15-18H2,1-2H3. The van der Waals surface area contributed by atoms with Gasteiger partial charge in [-0.25, -0.2) is 0 Å². The van der Waals surface area contributed by atoms with Gasteiger partial charge < -0.3 is 14.0 Å². The van der Waals surface area contributed by atoms with Crippen LogP contribution in [0.15, 0.2) is 24.3 Å². The molecule has 0 bridgehead atoms. The fourth-order valence-corrected chi connectivity index (χ4v) is 4.50. The van der Waals surface area contributed by atoms with Crippen LogP contribution in [-0.2, 0) is 14.0 Å². The Balaban J connectivity index is 1.40. The number of hydrogen-bond acceptors (Lipinski definition) is 3. The second kappa shape index (κ2) is 11.2. The van der Waals surface area contributed by atoms with Crippen LogP contribution in [-0.4, -0.2) is 33.5 Å². The maximum atomic E-state index is 6.03. The molecule has 3 nitrogen and oxygen atoms in total. The van der Waals surface area contributed by atoms with Crippen LogP contribution >= 0.6 is 0 Å². The average Bonchev–Trinajstić information content (AvgIpc) is 2.74. The van der Waals surface area contributed by atoms with Gasteiger partial charge in [0.2, 0.25) is 0 Å². The largest absolute Gasteiger partial charge is 0.493 e. The molecule has 1 aromatic carbocycles. The Morgan fingerprint density at radius 3 is 2.22 bits per heavy atom. The van der Waals surface area contributed by atoms with Crippen LogP contribution in [0.3, 0.4) is 0 Å². The van der Waals surface area contributed by atoms with E-state index in [2.05, 4.69) is 31.2 Å². The van der Waals surface area contributed by atoms with Gasteiger partial charge in [0.15, 0.2) is 0 Å². The lowest BCUT2D eigenvalue weighted by molar-refractivity contribution is 0.0659. The molecule has 1 aliphatic carbocycles. The molecule has 1 aliphatic heterocycles. The van der Waals surface area contributed by atoms with Gasteiger partial charge in [0.25, 0.3) is 0 Å². The molecule has 2 aliphatic rings. The molecular weight excluding hydrogens is 335 g/mol. The van der Waals surface area contributed by atoms with Gasteiger partial charge in [-0.2, -0.15) is 0 Å². The van der Waals surface area contributed by atoms with Gasteiger partial charge in [-0.15, -0.1) is 0 Å². The zero-order chi connectivity index (χ0) is 18.9. The van der Waals surface area contributed by atoms with Gasteiger partial charge in [-0.3, -0.25) is 0 Å². The molecular formula is C23H37BO3. The normalized spacial score (nSPS) is 24.3. The van der Waals surface area contributed by atoms with Crippen LogP contribution in [0.2, 0.25) is 0 Å². The van der Waals surface area contributed by atoms with Crippen LogP contribution in [0.1, 0.15) is 82.6 Å². The highest BCUT2D eigenvalue weighted by Gasteiger charge is 2.29. The summed E-state index contributed by atoms with van der Waals surface area (Å²) in [5, 5.41) is 0. The molecule has 0 unspecified atom stereocenters. The fourth-order valence-electron chi connectivity index (χ4n) is 4.50. The second-order valence-corrected chi connectivity index (χ2v) is 8.44. The molecule has 0 aromatic heterocycles. The van der Waals surface area contributed by atoms with Crippen molar-refractivity contribution in [3.8, 4) is 0 Å². The summed E-state index contributed by atoms with van der Waals surface area (Å²) in [4.78, 5) is 0. The first kappa shape index (κ1) is 20.9. The Labute approximate surface area is 166 Å². The lowest BCUT2D eigenvalue weighted by Crippen LogP contribution is -2.44. The lowest BCUT2D eigenvalue weighted by atomic mass is 9.75. The maximum Gasteiger partial charge on any atom is 0.493 e. The molecule has 1 heterocycles. The average molecular weight is 372 g/mol. The van der Waals surface area contributed by atoms with Crippen LogP contribution in [0.25, 0.3) is 0 Å². The minimum Gasteiger partial charge on any atom is -0.407 e. The highest BCUT2D eigenvalue weighted by molar-refractivity contribution is 6.61. The Bertz CT molecular complexity index is 517. The summed E-state index contributed by atoms with van der Waals surface area (Å²) in [6.45, 7) is 3.93. The summed E-state index contributed by atoms with van der Waals surface area (Å²) in [5.74, 6) is 1.24. The lowest BCUT2D eigenvalue weighted by Gasteiger charge is -2.29. The van der Waals surface area contributed by atoms with E-state index < -0.39 is 0 Å². The third-order valence-corrected chi connectivity index (χ3v) is 6.37. The van der Waals surface area contributed by atoms with Gasteiger partial charge in [0, 0.05) is 26.2 Å². The van der Waals surface area contributed by atoms with E-state index in [0.717, 1.165) is 18.7 Å². The molecule has 0 amide bonds. The van der Waals surface area contributed by atoms with E-state index in [-0.39, 0.29) is 7.12 Å². The zero-order valence-electron chi connectivity index (χ0n) is 17.3. The van der Waals surface area contributed by atoms with Crippen molar-refractivity contribution in [3.05, 3.63) is 29.8 Å². The highest BCUT2D eigenvalue weighted by atomic mass is 16.6. The van der Waals surface area contributed by atoms with Gasteiger partial charge >= 0.3 is 7.12 Å². The molecule has 1 saturated heterocycles. The molecule has 150 valence electrons. The molecule has 4 heteroatoms. The summed E-state index contributed by atoms with van der Waals surface area (Å²) < 4.78 is 17.6. The van der Waals surface area contributed by atoms with E-state index in [1.54, 1.807) is 0 Å². The Kier molecular flexibility index (Phi) is 8.69. The van der Waals surface area contributed by atoms with Crippen molar-refractivity contribution in [1.82, 2.24) is 0 Å². The summed E-state index contributed by atoms with van der Waals surface area (Å²) in [5.41, 5.74) is 2.61. The smallest absolute Gasteiger partial charge is 0.407 e. The highest BCUT2D eigenvalue weighted by Crippen LogP contribution is 2.33. The summed E-state index contributed by atoms with van der Waals surface area (Å²) in [7, 11) is 1.65. The van der Waals surface area contributed by atoms with E-state index in [9.17, 15) is 0 Å². The van der Waals surface area contributed by atoms with E-state index >= 15 is 0 Å². The molecule has 1 aromatic rings. The van der Waals surface area contributed by atoms with Gasteiger partial charge in [-0.05, 0) is 49.0 Å². The van der Waals surface area contributed by atoms with Gasteiger partial charge in [-0.1, -0.05) is 63.3 Å². The first-order chi connectivity index (χ1) is 13.3. The van der Waals surface area contributed by atoms with Crippen molar-refractivity contribution in [2.24, 2.45) is 5.92 Å². The molecule has 3 rings (SSSR count). The fraction of sp³-hybridized carbons (Fsp3) is 0.739. The predicted octanol–water partition coefficient (Wildman–Crippen LogP) is 5.08. The zero-order valence-corrected chi connectivity index (χ0v) is 17.3. The van der Waals surface area contributed by atoms with E-state index in [0.29, 0.717) is 17.9 Å². The van der Waals surface area contributed by atoms with Crippen molar-refractivity contribution in [3.63, 3.8) is 0 Å². The van der Waals surface area contributed by atoms with Crippen molar-refractivity contribution in [1.29, 1.82) is 0 Å².